The molecule has 0 radical (unpaired) electrons. The summed E-state index contributed by atoms with van der Waals surface area (Å²) in [6.07, 6.45) is 6.03. The van der Waals surface area contributed by atoms with Gasteiger partial charge in [0.1, 0.15) is 5.82 Å². The van der Waals surface area contributed by atoms with E-state index in [1.54, 1.807) is 0 Å². The van der Waals surface area contributed by atoms with Gasteiger partial charge in [0.15, 0.2) is 5.65 Å². The van der Waals surface area contributed by atoms with E-state index in [0.29, 0.717) is 5.92 Å². The van der Waals surface area contributed by atoms with Gasteiger partial charge in [0.05, 0.1) is 11.9 Å². The van der Waals surface area contributed by atoms with Crippen molar-refractivity contribution < 1.29 is 0 Å². The number of imidazole rings is 1. The van der Waals surface area contributed by atoms with E-state index in [9.17, 15) is 0 Å². The third-order valence-electron chi connectivity index (χ3n) is 5.79. The number of anilines is 1. The second kappa shape index (κ2) is 6.72. The van der Waals surface area contributed by atoms with Crippen molar-refractivity contribution in [1.29, 1.82) is 0 Å². The van der Waals surface area contributed by atoms with E-state index in [0.717, 1.165) is 44.2 Å². The van der Waals surface area contributed by atoms with Crippen LogP contribution in [0.1, 0.15) is 36.4 Å². The Bertz CT molecular complexity index is 876. The molecule has 2 aliphatic rings. The molecule has 0 spiro atoms. The monoisotopic (exact) mass is 347 g/mol. The molecule has 0 bridgehead atoms. The first-order valence-corrected chi connectivity index (χ1v) is 9.73. The highest BCUT2D eigenvalue weighted by Crippen LogP contribution is 2.35. The average molecular weight is 347 g/mol. The van der Waals surface area contributed by atoms with Crippen LogP contribution in [0.15, 0.2) is 48.7 Å². The zero-order valence-corrected chi connectivity index (χ0v) is 15.1. The van der Waals surface area contributed by atoms with Crippen molar-refractivity contribution >= 4 is 11.5 Å². The highest BCUT2D eigenvalue weighted by molar-refractivity contribution is 5.47. The fourth-order valence-electron chi connectivity index (χ4n) is 3.94. The van der Waals surface area contributed by atoms with Crippen molar-refractivity contribution in [3.8, 4) is 0 Å². The van der Waals surface area contributed by atoms with Crippen LogP contribution >= 0.6 is 0 Å². The molecule has 3 heterocycles. The van der Waals surface area contributed by atoms with E-state index < -0.39 is 0 Å². The van der Waals surface area contributed by atoms with Crippen LogP contribution in [0, 0.1) is 0 Å². The zero-order chi connectivity index (χ0) is 17.3. The van der Waals surface area contributed by atoms with Crippen LogP contribution in [0.25, 0.3) is 5.65 Å². The minimum Gasteiger partial charge on any atom is -0.353 e. The van der Waals surface area contributed by atoms with Gasteiger partial charge in [0.2, 0.25) is 0 Å². The van der Waals surface area contributed by atoms with Crippen LogP contribution in [-0.2, 0) is 6.54 Å². The van der Waals surface area contributed by atoms with Gasteiger partial charge < -0.3 is 4.90 Å². The maximum absolute atomic E-state index is 4.83. The molecule has 0 unspecified atom stereocenters. The molecule has 134 valence electrons. The Hall–Kier alpha value is -2.40. The summed E-state index contributed by atoms with van der Waals surface area (Å²) in [4.78, 5) is 9.67. The average Bonchev–Trinajstić information content (AvgIpc) is 3.04. The van der Waals surface area contributed by atoms with Crippen LogP contribution in [0.3, 0.4) is 0 Å². The Labute approximate surface area is 154 Å². The van der Waals surface area contributed by atoms with Crippen LogP contribution < -0.4 is 4.90 Å². The number of rotatable bonds is 4. The first-order valence-electron chi connectivity index (χ1n) is 9.73. The normalized spacial score (nSPS) is 19.0. The highest BCUT2D eigenvalue weighted by atomic mass is 15.4. The van der Waals surface area contributed by atoms with E-state index in [1.165, 1.54) is 30.5 Å². The van der Waals surface area contributed by atoms with E-state index in [4.69, 9.17) is 10.1 Å². The minimum atomic E-state index is 0.654. The molecule has 1 aromatic carbocycles. The molecule has 5 nitrogen and oxygen atoms in total. The second-order valence-electron chi connectivity index (χ2n) is 7.54. The predicted molar refractivity (Wildman–Crippen MR) is 104 cm³/mol. The molecule has 1 aliphatic carbocycles. The number of fused-ring (bicyclic) bond motifs is 1. The van der Waals surface area contributed by atoms with Gasteiger partial charge in [0, 0.05) is 38.6 Å². The first-order chi connectivity index (χ1) is 12.8. The first kappa shape index (κ1) is 15.8. The topological polar surface area (TPSA) is 36.7 Å². The van der Waals surface area contributed by atoms with Gasteiger partial charge >= 0.3 is 0 Å². The third kappa shape index (κ3) is 3.07. The summed E-state index contributed by atoms with van der Waals surface area (Å²) in [5.41, 5.74) is 3.58. The summed E-state index contributed by atoms with van der Waals surface area (Å²) in [5, 5.41) is 4.83. The van der Waals surface area contributed by atoms with Gasteiger partial charge in [-0.1, -0.05) is 36.8 Å². The lowest BCUT2D eigenvalue weighted by molar-refractivity contribution is 0.249. The maximum atomic E-state index is 4.83. The molecule has 2 aromatic heterocycles. The van der Waals surface area contributed by atoms with E-state index >= 15 is 0 Å². The minimum absolute atomic E-state index is 0.654. The fraction of sp³-hybridized carbons (Fsp3) is 0.429. The third-order valence-corrected chi connectivity index (χ3v) is 5.79. The van der Waals surface area contributed by atoms with Crippen molar-refractivity contribution in [2.45, 2.75) is 31.7 Å². The lowest BCUT2D eigenvalue weighted by Gasteiger charge is -2.35. The van der Waals surface area contributed by atoms with Crippen LogP contribution in [0.4, 0.5) is 5.82 Å². The summed E-state index contributed by atoms with van der Waals surface area (Å²) in [7, 11) is 0. The van der Waals surface area contributed by atoms with Crippen LogP contribution in [0.2, 0.25) is 0 Å². The van der Waals surface area contributed by atoms with Gasteiger partial charge in [-0.25, -0.2) is 9.50 Å². The maximum Gasteiger partial charge on any atom is 0.153 e. The van der Waals surface area contributed by atoms with Crippen molar-refractivity contribution in [2.75, 3.05) is 31.1 Å². The number of hydrogen-bond acceptors (Lipinski definition) is 4. The molecule has 5 heteroatoms. The Morgan fingerprint density at radius 2 is 1.73 bits per heavy atom. The molecule has 1 saturated carbocycles. The Morgan fingerprint density at radius 3 is 2.46 bits per heavy atom. The SMILES string of the molecule is c1ccc(CN2CCN(c3ccc4nc(C5CCC5)cn4n3)CC2)cc1. The molecule has 1 aliphatic heterocycles. The quantitative estimate of drug-likeness (QED) is 0.725. The van der Waals surface area contributed by atoms with E-state index in [-0.39, 0.29) is 0 Å². The number of piperazine rings is 1. The zero-order valence-electron chi connectivity index (χ0n) is 15.1. The summed E-state index contributed by atoms with van der Waals surface area (Å²) in [6, 6.07) is 15.0. The molecule has 0 atom stereocenters. The van der Waals surface area contributed by atoms with Gasteiger partial charge in [-0.2, -0.15) is 0 Å². The Kier molecular flexibility index (Phi) is 4.09. The lowest BCUT2D eigenvalue weighted by Crippen LogP contribution is -2.46. The molecule has 0 N–H and O–H groups in total. The summed E-state index contributed by atoms with van der Waals surface area (Å²) < 4.78 is 1.97. The van der Waals surface area contributed by atoms with Gasteiger partial charge in [0.25, 0.3) is 0 Å². The number of benzene rings is 1. The standard InChI is InChI=1S/C21H25N5/c1-2-5-17(6-3-1)15-24-11-13-25(14-12-24)21-10-9-20-22-19(16-26(20)23-21)18-7-4-8-18/h1-3,5-6,9-10,16,18H,4,7-8,11-15H2. The highest BCUT2D eigenvalue weighted by Gasteiger charge is 2.23. The smallest absolute Gasteiger partial charge is 0.153 e. The molecule has 26 heavy (non-hydrogen) atoms. The Morgan fingerprint density at radius 1 is 0.923 bits per heavy atom. The van der Waals surface area contributed by atoms with E-state index in [2.05, 4.69) is 58.5 Å². The van der Waals surface area contributed by atoms with Crippen molar-refractivity contribution in [3.63, 3.8) is 0 Å². The Balaban J connectivity index is 1.25. The molecular weight excluding hydrogens is 322 g/mol. The number of aromatic nitrogens is 3. The van der Waals surface area contributed by atoms with Crippen molar-refractivity contribution in [3.05, 3.63) is 59.9 Å². The lowest BCUT2D eigenvalue weighted by atomic mass is 9.83. The fourth-order valence-corrected chi connectivity index (χ4v) is 3.94. The summed E-state index contributed by atoms with van der Waals surface area (Å²) in [6.45, 7) is 5.23. The van der Waals surface area contributed by atoms with Gasteiger partial charge in [-0.3, -0.25) is 4.90 Å². The van der Waals surface area contributed by atoms with Gasteiger partial charge in [-0.05, 0) is 30.5 Å². The number of nitrogens with zero attached hydrogens (tertiary/aromatic N) is 5. The van der Waals surface area contributed by atoms with E-state index in [1.807, 2.05) is 4.52 Å². The second-order valence-corrected chi connectivity index (χ2v) is 7.54. The molecule has 0 amide bonds. The summed E-state index contributed by atoms with van der Waals surface area (Å²) in [5.74, 6) is 1.72. The summed E-state index contributed by atoms with van der Waals surface area (Å²) >= 11 is 0. The largest absolute Gasteiger partial charge is 0.353 e. The molecular formula is C21H25N5. The number of hydrogen-bond donors (Lipinski definition) is 0. The predicted octanol–water partition coefficient (Wildman–Crippen LogP) is 3.32. The van der Waals surface area contributed by atoms with Crippen LogP contribution in [0.5, 0.6) is 0 Å². The molecule has 3 aromatic rings. The van der Waals surface area contributed by atoms with Crippen LogP contribution in [-0.4, -0.2) is 45.7 Å². The van der Waals surface area contributed by atoms with Crippen molar-refractivity contribution in [2.24, 2.45) is 0 Å². The molecule has 5 rings (SSSR count). The molecule has 2 fully saturated rings. The molecule has 1 saturated heterocycles. The van der Waals surface area contributed by atoms with Crippen molar-refractivity contribution in [1.82, 2.24) is 19.5 Å². The van der Waals surface area contributed by atoms with Gasteiger partial charge in [-0.15, -0.1) is 5.10 Å².